The molecule has 0 saturated carbocycles. The Morgan fingerprint density at radius 1 is 1.03 bits per heavy atom. The van der Waals surface area contributed by atoms with E-state index in [0.29, 0.717) is 27.6 Å². The summed E-state index contributed by atoms with van der Waals surface area (Å²) < 4.78 is 15.9. The Bertz CT molecular complexity index is 1230. The fourth-order valence-electron chi connectivity index (χ4n) is 4.20. The SMILES string of the molecule is COc1ccc(CN2C(=O)C(NC(=O)OC(C)(C)C)C(O)(c3ccc(OC)cc3)c3sccc32)cc1. The lowest BCUT2D eigenvalue weighted by Gasteiger charge is -2.43. The third kappa shape index (κ3) is 4.89. The van der Waals surface area contributed by atoms with E-state index in [9.17, 15) is 14.7 Å². The average Bonchev–Trinajstić information content (AvgIpc) is 3.34. The first-order valence-electron chi connectivity index (χ1n) is 11.5. The summed E-state index contributed by atoms with van der Waals surface area (Å²) in [5.74, 6) is 0.855. The molecule has 190 valence electrons. The van der Waals surface area contributed by atoms with Crippen LogP contribution in [0.3, 0.4) is 0 Å². The maximum absolute atomic E-state index is 14.0. The van der Waals surface area contributed by atoms with E-state index in [0.717, 1.165) is 5.56 Å². The minimum Gasteiger partial charge on any atom is -0.497 e. The van der Waals surface area contributed by atoms with Gasteiger partial charge in [0, 0.05) is 0 Å². The molecule has 1 aromatic heterocycles. The van der Waals surface area contributed by atoms with Gasteiger partial charge in [0.2, 0.25) is 0 Å². The van der Waals surface area contributed by atoms with Crippen molar-refractivity contribution in [3.8, 4) is 11.5 Å². The number of nitrogens with one attached hydrogen (secondary N) is 1. The van der Waals surface area contributed by atoms with Crippen LogP contribution in [0, 0.1) is 0 Å². The minimum absolute atomic E-state index is 0.248. The molecule has 2 heterocycles. The normalized spacial score (nSPS) is 19.4. The van der Waals surface area contributed by atoms with Crippen LogP contribution in [0.15, 0.2) is 60.0 Å². The maximum Gasteiger partial charge on any atom is 0.408 e. The molecule has 0 saturated heterocycles. The molecule has 36 heavy (non-hydrogen) atoms. The van der Waals surface area contributed by atoms with Gasteiger partial charge in [0.15, 0.2) is 5.60 Å². The molecule has 9 heteroatoms. The van der Waals surface area contributed by atoms with Crippen molar-refractivity contribution in [3.05, 3.63) is 76.0 Å². The number of hydrogen-bond acceptors (Lipinski definition) is 7. The van der Waals surface area contributed by atoms with Crippen molar-refractivity contribution in [2.45, 2.75) is 44.6 Å². The van der Waals surface area contributed by atoms with Crippen LogP contribution in [-0.2, 0) is 21.7 Å². The first-order chi connectivity index (χ1) is 17.1. The van der Waals surface area contributed by atoms with Crippen molar-refractivity contribution in [1.29, 1.82) is 0 Å². The quantitative estimate of drug-likeness (QED) is 0.509. The Labute approximate surface area is 214 Å². The van der Waals surface area contributed by atoms with Gasteiger partial charge >= 0.3 is 6.09 Å². The van der Waals surface area contributed by atoms with Crippen LogP contribution in [0.25, 0.3) is 0 Å². The molecule has 0 bridgehead atoms. The first-order valence-corrected chi connectivity index (χ1v) is 12.3. The van der Waals surface area contributed by atoms with Crippen LogP contribution >= 0.6 is 11.3 Å². The minimum atomic E-state index is -1.82. The standard InChI is InChI=1S/C27H30N2O6S/c1-26(2,3)35-25(31)28-22-24(30)29(16-17-6-10-19(33-4)11-7-17)21-14-15-36-23(21)27(22,32)18-8-12-20(34-5)13-9-18/h6-15,22,32H,16H2,1-5H3,(H,28,31). The summed E-state index contributed by atoms with van der Waals surface area (Å²) in [7, 11) is 3.14. The Hall–Kier alpha value is -3.56. The summed E-state index contributed by atoms with van der Waals surface area (Å²) in [6.07, 6.45) is -0.794. The second-order valence-corrected chi connectivity index (χ2v) is 10.4. The number of alkyl carbamates (subject to hydrolysis) is 1. The molecular formula is C27H30N2O6S. The lowest BCUT2D eigenvalue weighted by molar-refractivity contribution is -0.127. The highest BCUT2D eigenvalue weighted by Crippen LogP contribution is 2.47. The summed E-state index contributed by atoms with van der Waals surface area (Å²) in [4.78, 5) is 28.9. The van der Waals surface area contributed by atoms with Gasteiger partial charge < -0.3 is 29.5 Å². The smallest absolute Gasteiger partial charge is 0.408 e. The van der Waals surface area contributed by atoms with Gasteiger partial charge in [0.25, 0.3) is 5.91 Å². The molecule has 2 N–H and O–H groups in total. The Balaban J connectivity index is 1.79. The van der Waals surface area contributed by atoms with Crippen LogP contribution in [0.5, 0.6) is 11.5 Å². The average molecular weight is 511 g/mol. The van der Waals surface area contributed by atoms with Crippen molar-refractivity contribution < 1.29 is 28.9 Å². The highest BCUT2D eigenvalue weighted by atomic mass is 32.1. The number of benzene rings is 2. The third-order valence-electron chi connectivity index (χ3n) is 5.90. The van der Waals surface area contributed by atoms with E-state index >= 15 is 0 Å². The first kappa shape index (κ1) is 25.5. The van der Waals surface area contributed by atoms with Crippen molar-refractivity contribution in [2.24, 2.45) is 0 Å². The zero-order chi connectivity index (χ0) is 26.1. The van der Waals surface area contributed by atoms with E-state index in [2.05, 4.69) is 5.32 Å². The highest BCUT2D eigenvalue weighted by molar-refractivity contribution is 7.10. The molecule has 2 amide bonds. The number of carbonyl (C=O) groups excluding carboxylic acids is 2. The molecule has 8 nitrogen and oxygen atoms in total. The number of thiophene rings is 1. The fourth-order valence-corrected chi connectivity index (χ4v) is 5.24. The number of methoxy groups -OCH3 is 2. The van der Waals surface area contributed by atoms with Crippen LogP contribution < -0.4 is 19.7 Å². The van der Waals surface area contributed by atoms with Gasteiger partial charge in [0.05, 0.1) is 31.3 Å². The van der Waals surface area contributed by atoms with Crippen LogP contribution in [0.1, 0.15) is 36.8 Å². The second kappa shape index (κ2) is 9.83. The zero-order valence-corrected chi connectivity index (χ0v) is 21.7. The van der Waals surface area contributed by atoms with Gasteiger partial charge in [-0.1, -0.05) is 24.3 Å². The Morgan fingerprint density at radius 3 is 2.17 bits per heavy atom. The van der Waals surface area contributed by atoms with Crippen molar-refractivity contribution >= 4 is 29.0 Å². The largest absolute Gasteiger partial charge is 0.497 e. The van der Waals surface area contributed by atoms with E-state index in [4.69, 9.17) is 14.2 Å². The molecule has 2 atom stereocenters. The van der Waals surface area contributed by atoms with E-state index in [1.807, 2.05) is 29.6 Å². The molecule has 2 aromatic carbocycles. The van der Waals surface area contributed by atoms with Crippen molar-refractivity contribution in [2.75, 3.05) is 19.1 Å². The maximum atomic E-state index is 14.0. The molecule has 1 aliphatic heterocycles. The molecule has 0 radical (unpaired) electrons. The van der Waals surface area contributed by atoms with Gasteiger partial charge in [-0.05, 0) is 67.6 Å². The summed E-state index contributed by atoms with van der Waals surface area (Å²) in [5.41, 5.74) is -0.698. The molecule has 4 rings (SSSR count). The number of aliphatic hydroxyl groups is 1. The molecule has 3 aromatic rings. The second-order valence-electron chi connectivity index (χ2n) is 9.48. The molecule has 1 aliphatic rings. The van der Waals surface area contributed by atoms with E-state index < -0.39 is 29.2 Å². The number of nitrogens with zero attached hydrogens (tertiary/aromatic N) is 1. The molecule has 0 spiro atoms. The van der Waals surface area contributed by atoms with Gasteiger partial charge in [-0.15, -0.1) is 11.3 Å². The Morgan fingerprint density at radius 2 is 1.61 bits per heavy atom. The molecule has 2 unspecified atom stereocenters. The molecule has 0 fully saturated rings. The Kier molecular flexibility index (Phi) is 6.97. The number of anilines is 1. The van der Waals surface area contributed by atoms with Gasteiger partial charge in [0.1, 0.15) is 23.1 Å². The van der Waals surface area contributed by atoms with Gasteiger partial charge in [-0.3, -0.25) is 4.79 Å². The highest BCUT2D eigenvalue weighted by Gasteiger charge is 2.54. The lowest BCUT2D eigenvalue weighted by atomic mass is 9.80. The summed E-state index contributed by atoms with van der Waals surface area (Å²) in [6.45, 7) is 5.45. The van der Waals surface area contributed by atoms with Crippen LogP contribution in [0.2, 0.25) is 0 Å². The van der Waals surface area contributed by atoms with E-state index in [1.165, 1.54) is 11.3 Å². The fraction of sp³-hybridized carbons (Fsp3) is 0.333. The summed E-state index contributed by atoms with van der Waals surface area (Å²) >= 11 is 1.32. The van der Waals surface area contributed by atoms with Crippen LogP contribution in [0.4, 0.5) is 10.5 Å². The van der Waals surface area contributed by atoms with Gasteiger partial charge in [-0.25, -0.2) is 4.79 Å². The van der Waals surface area contributed by atoms with Crippen LogP contribution in [-0.4, -0.2) is 43.0 Å². The monoisotopic (exact) mass is 510 g/mol. The van der Waals surface area contributed by atoms with Crippen molar-refractivity contribution in [1.82, 2.24) is 5.32 Å². The van der Waals surface area contributed by atoms with Gasteiger partial charge in [-0.2, -0.15) is 0 Å². The number of rotatable bonds is 6. The zero-order valence-electron chi connectivity index (χ0n) is 20.9. The number of hydrogen-bond donors (Lipinski definition) is 2. The predicted octanol–water partition coefficient (Wildman–Crippen LogP) is 4.44. The summed E-state index contributed by atoms with van der Waals surface area (Å²) in [6, 6.07) is 14.7. The van der Waals surface area contributed by atoms with E-state index in [1.54, 1.807) is 70.2 Å². The third-order valence-corrected chi connectivity index (χ3v) is 6.93. The summed E-state index contributed by atoms with van der Waals surface area (Å²) in [5, 5.41) is 16.7. The predicted molar refractivity (Wildman–Crippen MR) is 138 cm³/mol. The van der Waals surface area contributed by atoms with E-state index in [-0.39, 0.29) is 6.54 Å². The number of fused-ring (bicyclic) bond motifs is 1. The lowest BCUT2D eigenvalue weighted by Crippen LogP contribution is -2.63. The number of amides is 2. The topological polar surface area (TPSA) is 97.3 Å². The molecule has 0 aliphatic carbocycles. The number of ether oxygens (including phenoxy) is 3. The van der Waals surface area contributed by atoms with Crippen molar-refractivity contribution in [3.63, 3.8) is 0 Å². The molecular weight excluding hydrogens is 480 g/mol. The number of carbonyl (C=O) groups is 2.